The zero-order valence-electron chi connectivity index (χ0n) is 17.7. The van der Waals surface area contributed by atoms with Gasteiger partial charge in [-0.3, -0.25) is 4.79 Å². The predicted octanol–water partition coefficient (Wildman–Crippen LogP) is 4.43. The molecule has 28 heavy (non-hydrogen) atoms. The molecule has 2 N–H and O–H groups in total. The molecule has 2 aliphatic rings. The number of fused-ring (bicyclic) bond motifs is 3. The number of carbonyl (C=O) groups is 1. The second-order valence-corrected chi connectivity index (χ2v) is 9.41. The van der Waals surface area contributed by atoms with Crippen molar-refractivity contribution in [3.05, 3.63) is 23.3 Å². The van der Waals surface area contributed by atoms with Gasteiger partial charge in [0.05, 0.1) is 18.1 Å². The van der Waals surface area contributed by atoms with Crippen molar-refractivity contribution in [3.8, 4) is 11.5 Å². The van der Waals surface area contributed by atoms with Crippen molar-refractivity contribution in [3.63, 3.8) is 0 Å². The molecule has 1 aliphatic heterocycles. The molecule has 1 heterocycles. The molecule has 1 aromatic rings. The molecule has 5 nitrogen and oxygen atoms in total. The molecule has 3 rings (SSSR count). The Balaban J connectivity index is 1.97. The maximum atomic E-state index is 12.6. The van der Waals surface area contributed by atoms with E-state index < -0.39 is 11.0 Å². The van der Waals surface area contributed by atoms with Gasteiger partial charge in [-0.15, -0.1) is 0 Å². The summed E-state index contributed by atoms with van der Waals surface area (Å²) in [5.74, 6) is 0.746. The van der Waals surface area contributed by atoms with Gasteiger partial charge >= 0.3 is 5.97 Å². The second kappa shape index (κ2) is 7.58. The van der Waals surface area contributed by atoms with Crippen molar-refractivity contribution in [1.29, 1.82) is 0 Å². The van der Waals surface area contributed by atoms with Crippen LogP contribution in [0.4, 0.5) is 0 Å². The molecule has 1 aromatic carbocycles. The predicted molar refractivity (Wildman–Crippen MR) is 108 cm³/mol. The van der Waals surface area contributed by atoms with Crippen LogP contribution in [0.25, 0.3) is 0 Å². The highest BCUT2D eigenvalue weighted by Gasteiger charge is 2.48. The van der Waals surface area contributed by atoms with Crippen molar-refractivity contribution in [2.45, 2.75) is 89.8 Å². The number of carbonyl (C=O) groups excluding carboxylic acids is 1. The maximum absolute atomic E-state index is 12.6. The van der Waals surface area contributed by atoms with E-state index in [9.17, 15) is 15.0 Å². The molecule has 1 fully saturated rings. The molecular formula is C23H34O5. The van der Waals surface area contributed by atoms with E-state index in [1.807, 2.05) is 19.9 Å². The number of aromatic hydroxyl groups is 1. The summed E-state index contributed by atoms with van der Waals surface area (Å²) in [6.45, 7) is 10.2. The lowest BCUT2D eigenvalue weighted by Crippen LogP contribution is -2.47. The van der Waals surface area contributed by atoms with Crippen LogP contribution in [-0.4, -0.2) is 34.5 Å². The smallest absolute Gasteiger partial charge is 0.315 e. The number of esters is 1. The highest BCUT2D eigenvalue weighted by atomic mass is 16.5. The minimum absolute atomic E-state index is 0.0520. The summed E-state index contributed by atoms with van der Waals surface area (Å²) in [5.41, 5.74) is 0.156. The lowest BCUT2D eigenvalue weighted by molar-refractivity contribution is -0.149. The quantitative estimate of drug-likeness (QED) is 0.575. The van der Waals surface area contributed by atoms with Crippen molar-refractivity contribution in [1.82, 2.24) is 0 Å². The Labute approximate surface area is 168 Å². The molecule has 1 unspecified atom stereocenters. The van der Waals surface area contributed by atoms with Crippen molar-refractivity contribution >= 4 is 5.97 Å². The Morgan fingerprint density at radius 2 is 2.04 bits per heavy atom. The number of phenolic OH excluding ortho intramolecular Hbond substituents is 1. The van der Waals surface area contributed by atoms with Gasteiger partial charge in [0.1, 0.15) is 17.1 Å². The van der Waals surface area contributed by atoms with E-state index in [1.165, 1.54) is 0 Å². The summed E-state index contributed by atoms with van der Waals surface area (Å²) < 4.78 is 11.8. The molecule has 0 spiro atoms. The van der Waals surface area contributed by atoms with Crippen LogP contribution in [0.15, 0.2) is 12.1 Å². The van der Waals surface area contributed by atoms with Gasteiger partial charge in [0.2, 0.25) is 0 Å². The van der Waals surface area contributed by atoms with Gasteiger partial charge in [-0.1, -0.05) is 13.3 Å². The van der Waals surface area contributed by atoms with E-state index in [2.05, 4.69) is 20.8 Å². The Hall–Kier alpha value is -1.75. The van der Waals surface area contributed by atoms with Crippen molar-refractivity contribution in [2.24, 2.45) is 5.92 Å². The fourth-order valence-corrected chi connectivity index (χ4v) is 4.70. The number of aliphatic hydroxyl groups is 1. The molecule has 0 saturated heterocycles. The fourth-order valence-electron chi connectivity index (χ4n) is 4.70. The molecule has 1 saturated carbocycles. The molecular weight excluding hydrogens is 356 g/mol. The number of unbranched alkanes of at least 4 members (excludes halogenated alkanes) is 1. The minimum atomic E-state index is -0.892. The summed E-state index contributed by atoms with van der Waals surface area (Å²) in [6.07, 6.45) is 3.70. The normalized spacial score (nSPS) is 26.0. The number of hydrogen-bond acceptors (Lipinski definition) is 5. The van der Waals surface area contributed by atoms with Crippen LogP contribution in [0.3, 0.4) is 0 Å². The topological polar surface area (TPSA) is 76.0 Å². The highest BCUT2D eigenvalue weighted by Crippen LogP contribution is 2.55. The van der Waals surface area contributed by atoms with E-state index in [0.29, 0.717) is 24.3 Å². The van der Waals surface area contributed by atoms with Crippen LogP contribution < -0.4 is 4.74 Å². The van der Waals surface area contributed by atoms with Crippen LogP contribution >= 0.6 is 0 Å². The monoisotopic (exact) mass is 390 g/mol. The van der Waals surface area contributed by atoms with Gasteiger partial charge in [-0.05, 0) is 71.1 Å². The third kappa shape index (κ3) is 3.73. The summed E-state index contributed by atoms with van der Waals surface area (Å²) in [7, 11) is 0. The van der Waals surface area contributed by atoms with Crippen molar-refractivity contribution in [2.75, 3.05) is 6.61 Å². The summed E-state index contributed by atoms with van der Waals surface area (Å²) in [5, 5.41) is 21.1. The third-order valence-electron chi connectivity index (χ3n) is 6.54. The number of rotatable bonds is 5. The van der Waals surface area contributed by atoms with Gasteiger partial charge in [0, 0.05) is 17.4 Å². The Morgan fingerprint density at radius 3 is 2.71 bits per heavy atom. The lowest BCUT2D eigenvalue weighted by atomic mass is 9.65. The van der Waals surface area contributed by atoms with E-state index in [4.69, 9.17) is 9.47 Å². The van der Waals surface area contributed by atoms with Gasteiger partial charge in [-0.2, -0.15) is 0 Å². The highest BCUT2D eigenvalue weighted by molar-refractivity contribution is 5.82. The average Bonchev–Trinajstić information content (AvgIpc) is 2.60. The zero-order chi connectivity index (χ0) is 20.7. The van der Waals surface area contributed by atoms with E-state index in [-0.39, 0.29) is 29.7 Å². The van der Waals surface area contributed by atoms with Crippen molar-refractivity contribution < 1.29 is 24.5 Å². The zero-order valence-corrected chi connectivity index (χ0v) is 17.7. The first-order valence-corrected chi connectivity index (χ1v) is 10.5. The average molecular weight is 391 g/mol. The van der Waals surface area contributed by atoms with Crippen LogP contribution in [0.1, 0.15) is 83.8 Å². The Kier molecular flexibility index (Phi) is 5.68. The van der Waals surface area contributed by atoms with Gasteiger partial charge in [-0.25, -0.2) is 0 Å². The fraction of sp³-hybridized carbons (Fsp3) is 0.696. The van der Waals surface area contributed by atoms with E-state index in [1.54, 1.807) is 6.07 Å². The number of hydrogen-bond donors (Lipinski definition) is 2. The number of aliphatic hydroxyl groups excluding tert-OH is 1. The number of ether oxygens (including phenoxy) is 2. The van der Waals surface area contributed by atoms with Crippen LogP contribution in [0.5, 0.6) is 11.5 Å². The number of benzene rings is 1. The molecule has 0 bridgehead atoms. The first-order valence-electron chi connectivity index (χ1n) is 10.5. The van der Waals surface area contributed by atoms with E-state index >= 15 is 0 Å². The Morgan fingerprint density at radius 1 is 1.32 bits per heavy atom. The first kappa shape index (κ1) is 21.0. The first-order chi connectivity index (χ1) is 13.1. The summed E-state index contributed by atoms with van der Waals surface area (Å²) in [6, 6.07) is 3.54. The van der Waals surface area contributed by atoms with Gasteiger partial charge in [0.15, 0.2) is 0 Å². The number of phenols is 1. The van der Waals surface area contributed by atoms with Crippen LogP contribution in [0, 0.1) is 5.92 Å². The standard InChI is InChI=1S/C23H34O5/c1-6-7-10-27-21(26)22(2,3)14-11-18(25)20-16-13-15(24)8-9-17(16)23(4,5)28-19(20)12-14/h11-12,15-17,24-25H,6-10,13H2,1-5H3/t15?,16-,17-/m1/s1. The molecule has 3 atom stereocenters. The lowest BCUT2D eigenvalue weighted by Gasteiger charge is -2.48. The summed E-state index contributed by atoms with van der Waals surface area (Å²) in [4.78, 5) is 12.6. The van der Waals surface area contributed by atoms with Gasteiger partial charge in [0.25, 0.3) is 0 Å². The molecule has 0 amide bonds. The van der Waals surface area contributed by atoms with Gasteiger partial charge < -0.3 is 19.7 Å². The summed E-state index contributed by atoms with van der Waals surface area (Å²) >= 11 is 0. The third-order valence-corrected chi connectivity index (χ3v) is 6.54. The molecule has 0 aromatic heterocycles. The largest absolute Gasteiger partial charge is 0.508 e. The maximum Gasteiger partial charge on any atom is 0.315 e. The van der Waals surface area contributed by atoms with Crippen LogP contribution in [0.2, 0.25) is 0 Å². The molecule has 156 valence electrons. The molecule has 5 heteroatoms. The molecule has 0 radical (unpaired) electrons. The minimum Gasteiger partial charge on any atom is -0.508 e. The second-order valence-electron chi connectivity index (χ2n) is 9.41. The SMILES string of the molecule is CCCCOC(=O)C(C)(C)c1cc(O)c2c(c1)OC(C)(C)[C@@H]1CCC(O)C[C@@H]21. The molecule has 1 aliphatic carbocycles. The van der Waals surface area contributed by atoms with Crippen LogP contribution in [-0.2, 0) is 14.9 Å². The van der Waals surface area contributed by atoms with E-state index in [0.717, 1.165) is 31.2 Å². The Bertz CT molecular complexity index is 737.